The Labute approximate surface area is 92.2 Å². The van der Waals surface area contributed by atoms with Crippen LogP contribution in [0.5, 0.6) is 0 Å². The molecule has 2 aromatic rings. The van der Waals surface area contributed by atoms with Crippen LogP contribution in [0.15, 0.2) is 35.1 Å². The molecule has 82 valence electrons. The van der Waals surface area contributed by atoms with E-state index in [2.05, 4.69) is 15.0 Å². The summed E-state index contributed by atoms with van der Waals surface area (Å²) in [6.07, 6.45) is 1.39. The number of carbonyl (C=O) groups excluding carboxylic acids is 1. The number of nitrogens with one attached hydrogen (secondary N) is 1. The van der Waals surface area contributed by atoms with Crippen molar-refractivity contribution >= 4 is 17.4 Å². The highest BCUT2D eigenvalue weighted by atomic mass is 16.5. The Morgan fingerprint density at radius 3 is 2.94 bits per heavy atom. The molecule has 1 aromatic carbocycles. The second-order valence-electron chi connectivity index (χ2n) is 3.41. The number of aromatic nitrogens is 1. The molecule has 0 bridgehead atoms. The van der Waals surface area contributed by atoms with E-state index in [4.69, 9.17) is 5.73 Å². The number of nitrogen functional groups attached to an aromatic ring is 1. The van der Waals surface area contributed by atoms with E-state index < -0.39 is 0 Å². The highest BCUT2D eigenvalue weighted by Crippen LogP contribution is 2.14. The topological polar surface area (TPSA) is 81.2 Å². The minimum Gasteiger partial charge on any atom is -0.399 e. The first-order chi connectivity index (χ1) is 7.66. The largest absolute Gasteiger partial charge is 0.399 e. The normalized spacial score (nSPS) is 10.1. The molecule has 5 heteroatoms. The number of nitrogens with zero attached hydrogens (tertiary/aromatic N) is 1. The number of benzene rings is 1. The van der Waals surface area contributed by atoms with Gasteiger partial charge in [-0.1, -0.05) is 11.2 Å². The monoisotopic (exact) mass is 217 g/mol. The van der Waals surface area contributed by atoms with Crippen LogP contribution < -0.4 is 11.1 Å². The van der Waals surface area contributed by atoms with Gasteiger partial charge in [-0.05, 0) is 24.6 Å². The highest BCUT2D eigenvalue weighted by molar-refractivity contribution is 6.05. The van der Waals surface area contributed by atoms with Gasteiger partial charge < -0.3 is 15.6 Å². The minimum absolute atomic E-state index is 0.251. The zero-order chi connectivity index (χ0) is 11.5. The summed E-state index contributed by atoms with van der Waals surface area (Å²) in [6.45, 7) is 1.84. The lowest BCUT2D eigenvalue weighted by Crippen LogP contribution is -2.13. The number of aryl methyl sites for hydroxylation is 1. The quantitative estimate of drug-likeness (QED) is 0.752. The first kappa shape index (κ1) is 10.2. The number of carbonyl (C=O) groups is 1. The predicted molar refractivity (Wildman–Crippen MR) is 60.0 cm³/mol. The summed E-state index contributed by atoms with van der Waals surface area (Å²) in [6, 6.07) is 6.75. The van der Waals surface area contributed by atoms with Gasteiger partial charge in [-0.15, -0.1) is 0 Å². The summed E-state index contributed by atoms with van der Waals surface area (Å²) in [4.78, 5) is 11.8. The molecule has 16 heavy (non-hydrogen) atoms. The molecule has 1 amide bonds. The van der Waals surface area contributed by atoms with Crippen LogP contribution in [0.3, 0.4) is 0 Å². The van der Waals surface area contributed by atoms with E-state index >= 15 is 0 Å². The van der Waals surface area contributed by atoms with Crippen molar-refractivity contribution in [3.63, 3.8) is 0 Å². The zero-order valence-corrected chi connectivity index (χ0v) is 8.73. The standard InChI is InChI=1S/C11H11N3O2/c1-7-2-3-8(12)6-9(7)11(15)13-10-4-5-16-14-10/h2-6H,12H2,1H3,(H,13,14,15). The lowest BCUT2D eigenvalue weighted by Gasteiger charge is -2.05. The van der Waals surface area contributed by atoms with Crippen molar-refractivity contribution in [2.75, 3.05) is 11.1 Å². The maximum Gasteiger partial charge on any atom is 0.257 e. The summed E-state index contributed by atoms with van der Waals surface area (Å²) >= 11 is 0. The third-order valence-corrected chi connectivity index (χ3v) is 2.19. The Kier molecular flexibility index (Phi) is 2.59. The van der Waals surface area contributed by atoms with Crippen LogP contribution in [0.2, 0.25) is 0 Å². The molecule has 0 radical (unpaired) electrons. The molecule has 0 aliphatic heterocycles. The van der Waals surface area contributed by atoms with Crippen molar-refractivity contribution in [1.29, 1.82) is 0 Å². The number of hydrogen-bond donors (Lipinski definition) is 2. The molecule has 5 nitrogen and oxygen atoms in total. The van der Waals surface area contributed by atoms with E-state index in [1.807, 2.05) is 6.92 Å². The van der Waals surface area contributed by atoms with E-state index in [0.717, 1.165) is 5.56 Å². The van der Waals surface area contributed by atoms with E-state index in [9.17, 15) is 4.79 Å². The van der Waals surface area contributed by atoms with Crippen LogP contribution >= 0.6 is 0 Å². The van der Waals surface area contributed by atoms with Crippen molar-refractivity contribution in [2.24, 2.45) is 0 Å². The van der Waals surface area contributed by atoms with Crippen molar-refractivity contribution < 1.29 is 9.32 Å². The Bertz CT molecular complexity index is 506. The van der Waals surface area contributed by atoms with Gasteiger partial charge in [0.2, 0.25) is 0 Å². The highest BCUT2D eigenvalue weighted by Gasteiger charge is 2.10. The molecule has 0 saturated heterocycles. The number of amides is 1. The second kappa shape index (κ2) is 4.06. The number of anilines is 2. The van der Waals surface area contributed by atoms with Gasteiger partial charge in [-0.2, -0.15) is 0 Å². The predicted octanol–water partition coefficient (Wildman–Crippen LogP) is 1.82. The van der Waals surface area contributed by atoms with E-state index in [1.54, 1.807) is 24.3 Å². The van der Waals surface area contributed by atoms with Crippen LogP contribution in [0, 0.1) is 6.92 Å². The molecule has 0 fully saturated rings. The van der Waals surface area contributed by atoms with Crippen molar-refractivity contribution in [1.82, 2.24) is 5.16 Å². The molecule has 0 aliphatic carbocycles. The summed E-state index contributed by atoms with van der Waals surface area (Å²) in [5.41, 5.74) is 7.56. The van der Waals surface area contributed by atoms with Gasteiger partial charge in [0.05, 0.1) is 0 Å². The van der Waals surface area contributed by atoms with Gasteiger partial charge in [-0.25, -0.2) is 0 Å². The molecule has 1 heterocycles. The summed E-state index contributed by atoms with van der Waals surface area (Å²) in [5.74, 6) is 0.130. The van der Waals surface area contributed by atoms with Crippen LogP contribution in [-0.2, 0) is 0 Å². The van der Waals surface area contributed by atoms with Crippen LogP contribution in [0.25, 0.3) is 0 Å². The molecule has 0 aliphatic rings. The summed E-state index contributed by atoms with van der Waals surface area (Å²) < 4.78 is 4.62. The minimum atomic E-state index is -0.251. The molecule has 3 N–H and O–H groups in total. The molecule has 0 saturated carbocycles. The van der Waals surface area contributed by atoms with E-state index in [-0.39, 0.29) is 5.91 Å². The van der Waals surface area contributed by atoms with Gasteiger partial charge in [0.1, 0.15) is 6.26 Å². The molecule has 0 spiro atoms. The molecular weight excluding hydrogens is 206 g/mol. The average Bonchev–Trinajstić information content (AvgIpc) is 2.74. The van der Waals surface area contributed by atoms with Gasteiger partial charge in [0, 0.05) is 17.3 Å². The first-order valence-corrected chi connectivity index (χ1v) is 4.74. The Hall–Kier alpha value is -2.30. The second-order valence-corrected chi connectivity index (χ2v) is 3.41. The first-order valence-electron chi connectivity index (χ1n) is 4.74. The van der Waals surface area contributed by atoms with E-state index in [0.29, 0.717) is 17.1 Å². The average molecular weight is 217 g/mol. The number of nitrogens with two attached hydrogens (primary N) is 1. The molecule has 2 rings (SSSR count). The number of rotatable bonds is 2. The lowest BCUT2D eigenvalue weighted by molar-refractivity contribution is 0.102. The van der Waals surface area contributed by atoms with Gasteiger partial charge in [0.15, 0.2) is 5.82 Å². The fraction of sp³-hybridized carbons (Fsp3) is 0.0909. The maximum absolute atomic E-state index is 11.8. The SMILES string of the molecule is Cc1ccc(N)cc1C(=O)Nc1ccon1. The Morgan fingerprint density at radius 1 is 1.44 bits per heavy atom. The third kappa shape index (κ3) is 2.03. The fourth-order valence-corrected chi connectivity index (χ4v) is 1.34. The summed E-state index contributed by atoms with van der Waals surface area (Å²) in [7, 11) is 0. The van der Waals surface area contributed by atoms with Gasteiger partial charge in [0.25, 0.3) is 5.91 Å². The lowest BCUT2D eigenvalue weighted by atomic mass is 10.1. The number of hydrogen-bond acceptors (Lipinski definition) is 4. The smallest absolute Gasteiger partial charge is 0.257 e. The Balaban J connectivity index is 2.24. The fourth-order valence-electron chi connectivity index (χ4n) is 1.34. The molecular formula is C11H11N3O2. The third-order valence-electron chi connectivity index (χ3n) is 2.19. The van der Waals surface area contributed by atoms with Crippen molar-refractivity contribution in [3.05, 3.63) is 41.7 Å². The van der Waals surface area contributed by atoms with Crippen LogP contribution in [0.4, 0.5) is 11.5 Å². The van der Waals surface area contributed by atoms with E-state index in [1.165, 1.54) is 6.26 Å². The zero-order valence-electron chi connectivity index (χ0n) is 8.73. The van der Waals surface area contributed by atoms with Crippen molar-refractivity contribution in [2.45, 2.75) is 6.92 Å². The van der Waals surface area contributed by atoms with Crippen molar-refractivity contribution in [3.8, 4) is 0 Å². The molecule has 1 aromatic heterocycles. The Morgan fingerprint density at radius 2 is 2.25 bits per heavy atom. The van der Waals surface area contributed by atoms with Crippen LogP contribution in [0.1, 0.15) is 15.9 Å². The van der Waals surface area contributed by atoms with Crippen LogP contribution in [-0.4, -0.2) is 11.1 Å². The maximum atomic E-state index is 11.8. The van der Waals surface area contributed by atoms with Gasteiger partial charge in [-0.3, -0.25) is 4.79 Å². The molecule has 0 unspecified atom stereocenters. The van der Waals surface area contributed by atoms with Gasteiger partial charge >= 0.3 is 0 Å². The summed E-state index contributed by atoms with van der Waals surface area (Å²) in [5, 5.41) is 6.20. The molecule has 0 atom stereocenters.